The average Bonchev–Trinajstić information content (AvgIpc) is 3.46. The van der Waals surface area contributed by atoms with Crippen LogP contribution < -0.4 is 9.64 Å². The van der Waals surface area contributed by atoms with Crippen LogP contribution in [0.15, 0.2) is 71.1 Å². The first-order valence-corrected chi connectivity index (χ1v) is 11.7. The number of aryl methyl sites for hydroxylation is 2. The number of carbonyl (C=O) groups is 1. The van der Waals surface area contributed by atoms with E-state index < -0.39 is 0 Å². The Kier molecular flexibility index (Phi) is 5.60. The van der Waals surface area contributed by atoms with Gasteiger partial charge in [-0.2, -0.15) is 0 Å². The molecule has 166 valence electrons. The van der Waals surface area contributed by atoms with Gasteiger partial charge in [0.2, 0.25) is 0 Å². The molecular formula is C27H24N2O3S. The van der Waals surface area contributed by atoms with Crippen molar-refractivity contribution in [3.8, 4) is 5.75 Å². The Balaban J connectivity index is 1.60. The van der Waals surface area contributed by atoms with Gasteiger partial charge in [0.05, 0.1) is 23.4 Å². The quantitative estimate of drug-likeness (QED) is 0.279. The topological polar surface area (TPSA) is 55.6 Å². The molecule has 0 aliphatic heterocycles. The average molecular weight is 457 g/mol. The highest BCUT2D eigenvalue weighted by Gasteiger charge is 2.26. The zero-order chi connectivity index (χ0) is 22.9. The third-order valence-electron chi connectivity index (χ3n) is 5.75. The minimum Gasteiger partial charge on any atom is -0.490 e. The molecule has 2 aromatic heterocycles. The Morgan fingerprint density at radius 3 is 2.67 bits per heavy atom. The fraction of sp³-hybridized carbons (Fsp3) is 0.185. The maximum atomic E-state index is 13.8. The smallest absolute Gasteiger partial charge is 0.296 e. The minimum atomic E-state index is -0.231. The lowest BCUT2D eigenvalue weighted by Gasteiger charge is -2.18. The van der Waals surface area contributed by atoms with Gasteiger partial charge < -0.3 is 9.15 Å². The van der Waals surface area contributed by atoms with E-state index in [1.807, 2.05) is 55.5 Å². The minimum absolute atomic E-state index is 0.231. The van der Waals surface area contributed by atoms with Crippen molar-refractivity contribution in [3.05, 3.63) is 89.2 Å². The predicted octanol–water partition coefficient (Wildman–Crippen LogP) is 6.91. The molecule has 0 fully saturated rings. The van der Waals surface area contributed by atoms with E-state index in [9.17, 15) is 4.79 Å². The van der Waals surface area contributed by atoms with Crippen LogP contribution in [0.2, 0.25) is 0 Å². The fourth-order valence-electron chi connectivity index (χ4n) is 3.87. The maximum Gasteiger partial charge on any atom is 0.296 e. The second kappa shape index (κ2) is 8.71. The molecule has 0 saturated heterocycles. The normalized spacial score (nSPS) is 11.2. The first kappa shape index (κ1) is 21.2. The van der Waals surface area contributed by atoms with Crippen LogP contribution in [0.25, 0.3) is 21.2 Å². The lowest BCUT2D eigenvalue weighted by Crippen LogP contribution is -2.30. The molecule has 0 N–H and O–H groups in total. The number of para-hydroxylation sites is 1. The van der Waals surface area contributed by atoms with E-state index in [0.717, 1.165) is 26.7 Å². The lowest BCUT2D eigenvalue weighted by atomic mass is 10.1. The van der Waals surface area contributed by atoms with Crippen LogP contribution in [0.4, 0.5) is 5.13 Å². The molecule has 0 saturated carbocycles. The van der Waals surface area contributed by atoms with Gasteiger partial charge in [-0.1, -0.05) is 59.9 Å². The van der Waals surface area contributed by atoms with Crippen molar-refractivity contribution < 1.29 is 13.9 Å². The van der Waals surface area contributed by atoms with Crippen LogP contribution in [-0.4, -0.2) is 17.5 Å². The summed E-state index contributed by atoms with van der Waals surface area (Å²) in [6, 6.07) is 21.5. The molecule has 0 spiro atoms. The number of aromatic nitrogens is 1. The SMILES string of the molecule is CCOc1cccc2cc(C(=O)N(Cc3ccccc3)c3nc4c(C)c(C)ccc4s3)oc12. The molecule has 5 rings (SSSR count). The molecule has 2 heterocycles. The second-order valence-electron chi connectivity index (χ2n) is 7.95. The van der Waals surface area contributed by atoms with Crippen molar-refractivity contribution in [2.24, 2.45) is 0 Å². The number of hydrogen-bond acceptors (Lipinski definition) is 5. The summed E-state index contributed by atoms with van der Waals surface area (Å²) in [6.45, 7) is 6.98. The summed E-state index contributed by atoms with van der Waals surface area (Å²) in [5.74, 6) is 0.668. The summed E-state index contributed by atoms with van der Waals surface area (Å²) in [5, 5.41) is 1.48. The van der Waals surface area contributed by atoms with Crippen molar-refractivity contribution in [2.75, 3.05) is 11.5 Å². The van der Waals surface area contributed by atoms with Crippen molar-refractivity contribution in [3.63, 3.8) is 0 Å². The molecular weight excluding hydrogens is 432 g/mol. The van der Waals surface area contributed by atoms with Crippen molar-refractivity contribution in [1.82, 2.24) is 4.98 Å². The van der Waals surface area contributed by atoms with Gasteiger partial charge in [-0.15, -0.1) is 0 Å². The van der Waals surface area contributed by atoms with Gasteiger partial charge in [-0.25, -0.2) is 4.98 Å². The molecule has 0 unspecified atom stereocenters. The molecule has 0 bridgehead atoms. The number of nitrogens with zero attached hydrogens (tertiary/aromatic N) is 2. The van der Waals surface area contributed by atoms with Crippen molar-refractivity contribution in [1.29, 1.82) is 0 Å². The molecule has 3 aromatic carbocycles. The zero-order valence-corrected chi connectivity index (χ0v) is 19.6. The van der Waals surface area contributed by atoms with E-state index in [1.54, 1.807) is 11.0 Å². The monoisotopic (exact) mass is 456 g/mol. The highest BCUT2D eigenvalue weighted by Crippen LogP contribution is 2.35. The Labute approximate surface area is 196 Å². The number of furan rings is 1. The van der Waals surface area contributed by atoms with Crippen molar-refractivity contribution >= 4 is 43.6 Å². The van der Waals surface area contributed by atoms with E-state index in [2.05, 4.69) is 26.0 Å². The van der Waals surface area contributed by atoms with Gasteiger partial charge in [0.15, 0.2) is 22.2 Å². The number of ether oxygens (including phenoxy) is 1. The Bertz CT molecular complexity index is 1450. The van der Waals surface area contributed by atoms with Crippen LogP contribution in [-0.2, 0) is 6.54 Å². The number of carbonyl (C=O) groups excluding carboxylic acids is 1. The summed E-state index contributed by atoms with van der Waals surface area (Å²) in [4.78, 5) is 20.4. The molecule has 0 radical (unpaired) electrons. The Morgan fingerprint density at radius 1 is 1.06 bits per heavy atom. The molecule has 1 amide bonds. The molecule has 5 aromatic rings. The summed E-state index contributed by atoms with van der Waals surface area (Å²) >= 11 is 1.52. The number of amides is 1. The zero-order valence-electron chi connectivity index (χ0n) is 18.8. The lowest BCUT2D eigenvalue weighted by molar-refractivity contribution is 0.0960. The van der Waals surface area contributed by atoms with Gasteiger partial charge in [-0.3, -0.25) is 9.69 Å². The maximum absolute atomic E-state index is 13.8. The van der Waals surface area contributed by atoms with E-state index >= 15 is 0 Å². The number of thiazole rings is 1. The first-order valence-electron chi connectivity index (χ1n) is 10.9. The van der Waals surface area contributed by atoms with Gasteiger partial charge in [-0.05, 0) is 55.7 Å². The molecule has 5 nitrogen and oxygen atoms in total. The van der Waals surface area contributed by atoms with E-state index in [0.29, 0.717) is 29.6 Å². The summed E-state index contributed by atoms with van der Waals surface area (Å²) < 4.78 is 12.8. The highest BCUT2D eigenvalue weighted by molar-refractivity contribution is 7.22. The Hall–Kier alpha value is -3.64. The second-order valence-corrected chi connectivity index (χ2v) is 8.95. The van der Waals surface area contributed by atoms with Gasteiger partial charge in [0, 0.05) is 5.39 Å². The van der Waals surface area contributed by atoms with Crippen LogP contribution in [0.5, 0.6) is 5.75 Å². The number of anilines is 1. The van der Waals surface area contributed by atoms with E-state index in [4.69, 9.17) is 14.1 Å². The van der Waals surface area contributed by atoms with Crippen molar-refractivity contribution in [2.45, 2.75) is 27.3 Å². The number of fused-ring (bicyclic) bond motifs is 2. The first-order chi connectivity index (χ1) is 16.0. The predicted molar refractivity (Wildman–Crippen MR) is 133 cm³/mol. The largest absolute Gasteiger partial charge is 0.490 e. The summed E-state index contributed by atoms with van der Waals surface area (Å²) in [6.07, 6.45) is 0. The highest BCUT2D eigenvalue weighted by atomic mass is 32.1. The van der Waals surface area contributed by atoms with Gasteiger partial charge >= 0.3 is 0 Å². The molecule has 0 atom stereocenters. The standard InChI is InChI=1S/C27H24N2O3S/c1-4-31-21-12-8-11-20-15-22(32-25(20)21)26(30)29(16-19-9-6-5-7-10-19)27-28-24-18(3)17(2)13-14-23(24)33-27/h5-15H,4,16H2,1-3H3. The number of rotatable bonds is 6. The van der Waals surface area contributed by atoms with E-state index in [1.165, 1.54) is 16.9 Å². The van der Waals surface area contributed by atoms with Crippen LogP contribution in [0.1, 0.15) is 34.2 Å². The number of hydrogen-bond donors (Lipinski definition) is 0. The number of benzene rings is 3. The summed E-state index contributed by atoms with van der Waals surface area (Å²) in [5.41, 5.74) is 4.85. The van der Waals surface area contributed by atoms with E-state index in [-0.39, 0.29) is 11.7 Å². The fourth-order valence-corrected chi connectivity index (χ4v) is 4.89. The third kappa shape index (κ3) is 3.98. The Morgan fingerprint density at radius 2 is 1.88 bits per heavy atom. The van der Waals surface area contributed by atoms with Gasteiger partial charge in [0.1, 0.15) is 0 Å². The van der Waals surface area contributed by atoms with Crippen LogP contribution in [0.3, 0.4) is 0 Å². The molecule has 6 heteroatoms. The van der Waals surface area contributed by atoms with Crippen LogP contribution in [0, 0.1) is 13.8 Å². The third-order valence-corrected chi connectivity index (χ3v) is 6.80. The summed E-state index contributed by atoms with van der Waals surface area (Å²) in [7, 11) is 0. The molecule has 33 heavy (non-hydrogen) atoms. The van der Waals surface area contributed by atoms with Gasteiger partial charge in [0.25, 0.3) is 5.91 Å². The molecule has 0 aliphatic carbocycles. The molecule has 0 aliphatic rings. The van der Waals surface area contributed by atoms with Crippen LogP contribution >= 0.6 is 11.3 Å².